The van der Waals surface area contributed by atoms with Gasteiger partial charge in [-0.1, -0.05) is 12.2 Å². The minimum atomic E-state index is 0.810. The first-order chi connectivity index (χ1) is 6.47. The molecule has 0 spiro atoms. The van der Waals surface area contributed by atoms with Gasteiger partial charge in [-0.15, -0.1) is 0 Å². The molecule has 0 aromatic carbocycles. The van der Waals surface area contributed by atoms with E-state index in [1.807, 2.05) is 24.4 Å². The third kappa shape index (κ3) is 1.87. The summed E-state index contributed by atoms with van der Waals surface area (Å²) >= 11 is 0. The van der Waals surface area contributed by atoms with Gasteiger partial charge in [0.1, 0.15) is 5.69 Å². The Bertz CT molecular complexity index is 363. The molecule has 3 heteroatoms. The molecule has 1 aliphatic rings. The van der Waals surface area contributed by atoms with Gasteiger partial charge in [-0.25, -0.2) is 0 Å². The number of aliphatic imine (C=N–C) groups is 1. The fourth-order valence-electron chi connectivity index (χ4n) is 1.08. The van der Waals surface area contributed by atoms with Gasteiger partial charge in [-0.2, -0.15) is 0 Å². The summed E-state index contributed by atoms with van der Waals surface area (Å²) in [4.78, 5) is 12.4. The third-order valence-corrected chi connectivity index (χ3v) is 1.69. The zero-order valence-electron chi connectivity index (χ0n) is 7.09. The van der Waals surface area contributed by atoms with E-state index in [0.29, 0.717) is 0 Å². The molecule has 2 heterocycles. The molecule has 64 valence electrons. The Kier molecular flexibility index (Phi) is 2.27. The number of allylic oxidation sites excluding steroid dienone is 3. The largest absolute Gasteiger partial charge is 0.261 e. The van der Waals surface area contributed by atoms with Crippen LogP contribution in [0.15, 0.2) is 41.8 Å². The zero-order valence-corrected chi connectivity index (χ0v) is 7.09. The fraction of sp³-hybridized carbons (Fsp3) is 0.100. The summed E-state index contributed by atoms with van der Waals surface area (Å²) in [5.74, 6) is 0. The Labute approximate surface area is 76.6 Å². The van der Waals surface area contributed by atoms with Crippen LogP contribution in [0.1, 0.15) is 12.1 Å². The predicted octanol–water partition coefficient (Wildman–Crippen LogP) is 1.85. The van der Waals surface area contributed by atoms with E-state index < -0.39 is 0 Å². The summed E-state index contributed by atoms with van der Waals surface area (Å²) in [6.45, 7) is 0. The molecule has 1 aliphatic heterocycles. The lowest BCUT2D eigenvalue weighted by Gasteiger charge is -1.96. The summed E-state index contributed by atoms with van der Waals surface area (Å²) in [6.07, 6.45) is 13.7. The van der Waals surface area contributed by atoms with Crippen LogP contribution in [-0.4, -0.2) is 16.2 Å². The van der Waals surface area contributed by atoms with Gasteiger partial charge in [0.05, 0.1) is 11.9 Å². The van der Waals surface area contributed by atoms with Crippen molar-refractivity contribution in [3.05, 3.63) is 42.5 Å². The smallest absolute Gasteiger partial charge is 0.107 e. The van der Waals surface area contributed by atoms with Gasteiger partial charge in [-0.3, -0.25) is 15.0 Å². The summed E-state index contributed by atoms with van der Waals surface area (Å²) in [5, 5.41) is 0. The average Bonchev–Trinajstić information content (AvgIpc) is 2.47. The second-order valence-electron chi connectivity index (χ2n) is 2.62. The van der Waals surface area contributed by atoms with Crippen molar-refractivity contribution in [1.82, 2.24) is 9.97 Å². The van der Waals surface area contributed by atoms with Crippen LogP contribution in [0, 0.1) is 0 Å². The van der Waals surface area contributed by atoms with Crippen LogP contribution in [0.4, 0.5) is 0 Å². The molecule has 0 N–H and O–H groups in total. The summed E-state index contributed by atoms with van der Waals surface area (Å²) in [7, 11) is 0. The maximum atomic E-state index is 4.26. The highest BCUT2D eigenvalue weighted by Crippen LogP contribution is 2.12. The zero-order chi connectivity index (χ0) is 8.93. The fourth-order valence-corrected chi connectivity index (χ4v) is 1.08. The van der Waals surface area contributed by atoms with Crippen molar-refractivity contribution in [3.8, 4) is 0 Å². The van der Waals surface area contributed by atoms with E-state index in [4.69, 9.17) is 0 Å². The van der Waals surface area contributed by atoms with Crippen LogP contribution in [0.3, 0.4) is 0 Å². The maximum absolute atomic E-state index is 4.26. The molecule has 13 heavy (non-hydrogen) atoms. The van der Waals surface area contributed by atoms with E-state index in [1.165, 1.54) is 0 Å². The number of nitrogens with zero attached hydrogens (tertiary/aromatic N) is 3. The lowest BCUT2D eigenvalue weighted by Crippen LogP contribution is -1.87. The molecule has 0 fully saturated rings. The van der Waals surface area contributed by atoms with E-state index in [0.717, 1.165) is 17.8 Å². The minimum absolute atomic E-state index is 0.810. The molecule has 0 aliphatic carbocycles. The summed E-state index contributed by atoms with van der Waals surface area (Å²) in [6, 6.07) is 0. The Hall–Kier alpha value is -1.77. The highest BCUT2D eigenvalue weighted by molar-refractivity contribution is 5.75. The van der Waals surface area contributed by atoms with Gasteiger partial charge >= 0.3 is 0 Å². The summed E-state index contributed by atoms with van der Waals surface area (Å²) < 4.78 is 0. The SMILES string of the molecule is C1=CCC=NC(c2cnccn2)=C1. The third-order valence-electron chi connectivity index (χ3n) is 1.69. The number of rotatable bonds is 1. The van der Waals surface area contributed by atoms with E-state index in [-0.39, 0.29) is 0 Å². The maximum Gasteiger partial charge on any atom is 0.107 e. The van der Waals surface area contributed by atoms with Crippen molar-refractivity contribution in [2.24, 2.45) is 4.99 Å². The topological polar surface area (TPSA) is 38.1 Å². The molecule has 1 aromatic rings. The first-order valence-electron chi connectivity index (χ1n) is 4.12. The number of aromatic nitrogens is 2. The molecule has 1 aromatic heterocycles. The molecule has 0 saturated heterocycles. The molecular weight excluding hydrogens is 162 g/mol. The molecule has 2 rings (SSSR count). The van der Waals surface area contributed by atoms with Crippen LogP contribution in [0.2, 0.25) is 0 Å². The average molecular weight is 171 g/mol. The van der Waals surface area contributed by atoms with Crippen molar-refractivity contribution < 1.29 is 0 Å². The van der Waals surface area contributed by atoms with E-state index in [2.05, 4.69) is 15.0 Å². The molecular formula is C10H9N3. The molecule has 0 saturated carbocycles. The minimum Gasteiger partial charge on any atom is -0.261 e. The van der Waals surface area contributed by atoms with E-state index in [1.54, 1.807) is 18.6 Å². The van der Waals surface area contributed by atoms with E-state index in [9.17, 15) is 0 Å². The van der Waals surface area contributed by atoms with Crippen molar-refractivity contribution in [2.45, 2.75) is 6.42 Å². The van der Waals surface area contributed by atoms with Crippen LogP contribution in [0.25, 0.3) is 5.70 Å². The standard InChI is InChI=1S/C10H9N3/c1-2-4-9(12-5-3-1)10-8-11-6-7-13-10/h1-2,4-8H,3H2. The first kappa shape index (κ1) is 7.86. The van der Waals surface area contributed by atoms with Crippen molar-refractivity contribution in [1.29, 1.82) is 0 Å². The molecule has 0 unspecified atom stereocenters. The van der Waals surface area contributed by atoms with Gasteiger partial charge in [0.15, 0.2) is 0 Å². The van der Waals surface area contributed by atoms with Gasteiger partial charge < -0.3 is 0 Å². The highest BCUT2D eigenvalue weighted by Gasteiger charge is 1.99. The van der Waals surface area contributed by atoms with Crippen molar-refractivity contribution in [3.63, 3.8) is 0 Å². The molecule has 0 amide bonds. The molecule has 0 atom stereocenters. The van der Waals surface area contributed by atoms with Crippen molar-refractivity contribution in [2.75, 3.05) is 0 Å². The molecule has 0 radical (unpaired) electrons. The monoisotopic (exact) mass is 171 g/mol. The predicted molar refractivity (Wildman–Crippen MR) is 52.3 cm³/mol. The van der Waals surface area contributed by atoms with Gasteiger partial charge in [-0.05, 0) is 6.08 Å². The van der Waals surface area contributed by atoms with E-state index >= 15 is 0 Å². The van der Waals surface area contributed by atoms with Gasteiger partial charge in [0, 0.05) is 25.0 Å². The number of hydrogen-bond donors (Lipinski definition) is 0. The second-order valence-corrected chi connectivity index (χ2v) is 2.62. The summed E-state index contributed by atoms with van der Waals surface area (Å²) in [5.41, 5.74) is 1.67. The van der Waals surface area contributed by atoms with Crippen LogP contribution in [0.5, 0.6) is 0 Å². The number of hydrogen-bond acceptors (Lipinski definition) is 3. The Morgan fingerprint density at radius 1 is 1.23 bits per heavy atom. The lowest BCUT2D eigenvalue weighted by atomic mass is 10.3. The molecule has 3 nitrogen and oxygen atoms in total. The highest BCUT2D eigenvalue weighted by atomic mass is 14.8. The van der Waals surface area contributed by atoms with Gasteiger partial charge in [0.2, 0.25) is 0 Å². The van der Waals surface area contributed by atoms with Crippen LogP contribution < -0.4 is 0 Å². The van der Waals surface area contributed by atoms with Gasteiger partial charge in [0.25, 0.3) is 0 Å². The lowest BCUT2D eigenvalue weighted by molar-refractivity contribution is 1.16. The van der Waals surface area contributed by atoms with Crippen LogP contribution >= 0.6 is 0 Å². The quantitative estimate of drug-likeness (QED) is 0.646. The Morgan fingerprint density at radius 2 is 2.23 bits per heavy atom. The Morgan fingerprint density at radius 3 is 3.08 bits per heavy atom. The Balaban J connectivity index is 2.36. The van der Waals surface area contributed by atoms with Crippen molar-refractivity contribution >= 4 is 11.9 Å². The van der Waals surface area contributed by atoms with Crippen LogP contribution in [-0.2, 0) is 0 Å². The second kappa shape index (κ2) is 3.76. The first-order valence-corrected chi connectivity index (χ1v) is 4.12. The normalized spacial score (nSPS) is 15.2. The molecule has 0 bridgehead atoms.